The third kappa shape index (κ3) is 6.07. The van der Waals surface area contributed by atoms with E-state index in [1.807, 2.05) is 0 Å². The third-order valence-electron chi connectivity index (χ3n) is 9.57. The summed E-state index contributed by atoms with van der Waals surface area (Å²) >= 11 is 0. The summed E-state index contributed by atoms with van der Waals surface area (Å²) in [6.07, 6.45) is 19.6. The normalized spacial score (nSPS) is 25.4. The molecule has 0 N–H and O–H groups in total. The predicted octanol–water partition coefficient (Wildman–Crippen LogP) is 9.44. The molecule has 190 valence electrons. The van der Waals surface area contributed by atoms with E-state index in [4.69, 9.17) is 0 Å². The van der Waals surface area contributed by atoms with Gasteiger partial charge in [0, 0.05) is 0 Å². The lowest BCUT2D eigenvalue weighted by molar-refractivity contribution is 0.467. The Kier molecular flexibility index (Phi) is 9.06. The maximum Gasteiger partial charge on any atom is -0.00945 e. The molecular weight excluding hydrogens is 458 g/mol. The minimum Gasteiger partial charge on any atom is -0.0971 e. The second-order valence-corrected chi connectivity index (χ2v) is 17.6. The molecule has 0 radical (unpaired) electrons. The van der Waals surface area contributed by atoms with Crippen LogP contribution in [-0.2, 0) is 0 Å². The zero-order valence-electron chi connectivity index (χ0n) is 22.6. The molecule has 0 saturated heterocycles. The van der Waals surface area contributed by atoms with Crippen LogP contribution in [0.1, 0.15) is 102 Å². The summed E-state index contributed by atoms with van der Waals surface area (Å²) < 4.78 is 0. The van der Waals surface area contributed by atoms with Crippen molar-refractivity contribution in [2.75, 3.05) is 0 Å². The Morgan fingerprint density at radius 2 is 1.03 bits per heavy atom. The Balaban J connectivity index is 1.47. The maximum absolute atomic E-state index is 2.76. The number of hydrogen-bond acceptors (Lipinski definition) is 0. The van der Waals surface area contributed by atoms with Gasteiger partial charge in [-0.15, -0.1) is 0 Å². The third-order valence-corrected chi connectivity index (χ3v) is 16.6. The van der Waals surface area contributed by atoms with Crippen molar-refractivity contribution in [2.45, 2.75) is 127 Å². The van der Waals surface area contributed by atoms with Crippen molar-refractivity contribution in [3.05, 3.63) is 59.7 Å². The molecule has 0 heterocycles. The van der Waals surface area contributed by atoms with Crippen molar-refractivity contribution < 1.29 is 0 Å². The summed E-state index contributed by atoms with van der Waals surface area (Å²) in [4.78, 5) is 0. The average Bonchev–Trinajstić information content (AvgIpc) is 3.37. The van der Waals surface area contributed by atoms with Gasteiger partial charge in [-0.1, -0.05) is 119 Å². The van der Waals surface area contributed by atoms with Gasteiger partial charge in [0.2, 0.25) is 0 Å². The molecule has 3 aliphatic carbocycles. The Morgan fingerprint density at radius 1 is 0.571 bits per heavy atom. The largest absolute Gasteiger partial charge is 0.0971 e. The van der Waals surface area contributed by atoms with E-state index in [0.29, 0.717) is 0 Å². The molecular formula is C33H48P2. The molecule has 2 heteroatoms. The molecule has 3 atom stereocenters. The van der Waals surface area contributed by atoms with E-state index < -0.39 is 0 Å². The summed E-state index contributed by atoms with van der Waals surface area (Å²) in [5, 5.41) is 3.25. The second-order valence-electron chi connectivity index (χ2n) is 12.0. The molecule has 0 aliphatic heterocycles. The van der Waals surface area contributed by atoms with E-state index in [0.717, 1.165) is 28.6 Å². The lowest BCUT2D eigenvalue weighted by Gasteiger charge is -2.46. The minimum atomic E-state index is -0.298. The summed E-state index contributed by atoms with van der Waals surface area (Å²) in [5.74, 6) is 0.929. The molecule has 0 amide bonds. The number of hydrogen-bond donors (Lipinski definition) is 0. The maximum atomic E-state index is 2.76. The Bertz CT molecular complexity index is 842. The highest BCUT2D eigenvalue weighted by Crippen LogP contribution is 2.64. The van der Waals surface area contributed by atoms with Gasteiger partial charge in [-0.3, -0.25) is 0 Å². The van der Waals surface area contributed by atoms with E-state index in [1.165, 1.54) is 68.9 Å². The molecule has 5 rings (SSSR count). The molecule has 0 spiro atoms. The highest BCUT2D eigenvalue weighted by Gasteiger charge is 2.44. The summed E-state index contributed by atoms with van der Waals surface area (Å²) in [7, 11) is -0.156. The van der Waals surface area contributed by atoms with Gasteiger partial charge in [0.25, 0.3) is 0 Å². The van der Waals surface area contributed by atoms with Crippen LogP contribution in [0.2, 0.25) is 0 Å². The Hall–Kier alpha value is -0.700. The van der Waals surface area contributed by atoms with E-state index in [2.05, 4.69) is 69.3 Å². The van der Waals surface area contributed by atoms with Gasteiger partial charge in [-0.2, -0.15) is 0 Å². The van der Waals surface area contributed by atoms with E-state index >= 15 is 0 Å². The summed E-state index contributed by atoms with van der Waals surface area (Å²) in [5.41, 5.74) is 6.74. The molecule has 3 aliphatic rings. The Morgan fingerprint density at radius 3 is 1.49 bits per heavy atom. The van der Waals surface area contributed by atoms with Gasteiger partial charge >= 0.3 is 0 Å². The predicted molar refractivity (Wildman–Crippen MR) is 160 cm³/mol. The van der Waals surface area contributed by atoms with Gasteiger partial charge in [0.1, 0.15) is 0 Å². The highest BCUT2D eigenvalue weighted by molar-refractivity contribution is 7.73. The van der Waals surface area contributed by atoms with Crippen molar-refractivity contribution in [3.63, 3.8) is 0 Å². The van der Waals surface area contributed by atoms with Crippen LogP contribution in [0.25, 0.3) is 0 Å². The quantitative estimate of drug-likeness (QED) is 0.328. The van der Waals surface area contributed by atoms with Crippen molar-refractivity contribution in [2.24, 2.45) is 5.92 Å². The SMILES string of the molecule is Cc1ccc(P(c2ccc(C)cc2)C2CCCC2[C@@H](C)P(C2CCCCC2)C2CCCCC2)cc1. The fraction of sp³-hybridized carbons (Fsp3) is 0.636. The molecule has 3 saturated carbocycles. The minimum absolute atomic E-state index is 0.142. The topological polar surface area (TPSA) is 0 Å². The zero-order chi connectivity index (χ0) is 24.2. The van der Waals surface area contributed by atoms with Crippen molar-refractivity contribution in [1.29, 1.82) is 0 Å². The van der Waals surface area contributed by atoms with Crippen LogP contribution >= 0.6 is 15.8 Å². The first-order valence-corrected chi connectivity index (χ1v) is 17.8. The molecule has 35 heavy (non-hydrogen) atoms. The zero-order valence-corrected chi connectivity index (χ0v) is 24.4. The van der Waals surface area contributed by atoms with Crippen LogP contribution < -0.4 is 10.6 Å². The van der Waals surface area contributed by atoms with E-state index in [-0.39, 0.29) is 15.8 Å². The molecule has 0 aromatic heterocycles. The second kappa shape index (κ2) is 12.2. The van der Waals surface area contributed by atoms with Crippen molar-refractivity contribution >= 4 is 26.5 Å². The van der Waals surface area contributed by atoms with Crippen LogP contribution in [0.3, 0.4) is 0 Å². The monoisotopic (exact) mass is 506 g/mol. The lowest BCUT2D eigenvalue weighted by Crippen LogP contribution is -2.34. The molecule has 2 aromatic rings. The fourth-order valence-electron chi connectivity index (χ4n) is 7.74. The molecule has 2 unspecified atom stereocenters. The molecule has 2 aromatic carbocycles. The number of rotatable bonds is 7. The first-order chi connectivity index (χ1) is 17.1. The first-order valence-electron chi connectivity index (χ1n) is 14.8. The average molecular weight is 507 g/mol. The first kappa shape index (κ1) is 25.9. The summed E-state index contributed by atoms with van der Waals surface area (Å²) in [6, 6.07) is 19.4. The van der Waals surface area contributed by atoms with Gasteiger partial charge in [-0.25, -0.2) is 0 Å². The van der Waals surface area contributed by atoms with E-state index in [9.17, 15) is 0 Å². The highest BCUT2D eigenvalue weighted by atomic mass is 31.1. The van der Waals surface area contributed by atoms with Gasteiger partial charge in [0.15, 0.2) is 0 Å². The number of benzene rings is 2. The van der Waals surface area contributed by atoms with Crippen molar-refractivity contribution in [3.8, 4) is 0 Å². The van der Waals surface area contributed by atoms with Crippen LogP contribution in [-0.4, -0.2) is 22.6 Å². The molecule has 0 bridgehead atoms. The smallest absolute Gasteiger partial charge is 0.00945 e. The number of aryl methyl sites for hydroxylation is 2. The fourth-order valence-corrected chi connectivity index (χ4v) is 15.8. The molecule has 3 fully saturated rings. The van der Waals surface area contributed by atoms with Gasteiger partial charge < -0.3 is 0 Å². The van der Waals surface area contributed by atoms with Crippen LogP contribution in [0.15, 0.2) is 48.5 Å². The standard InChI is InChI=1S/C33H48P2/c1-25-17-21-30(22-18-25)35(31-23-19-26(2)20-24-31)33-16-10-15-32(33)27(3)34(28-11-6-4-7-12-28)29-13-8-5-9-14-29/h17-24,27-29,32-33H,4-16H2,1-3H3/t27-,32?,33?/m1/s1. The van der Waals surface area contributed by atoms with Crippen LogP contribution in [0.4, 0.5) is 0 Å². The van der Waals surface area contributed by atoms with Crippen molar-refractivity contribution in [1.82, 2.24) is 0 Å². The summed E-state index contributed by atoms with van der Waals surface area (Å²) in [6.45, 7) is 7.23. The van der Waals surface area contributed by atoms with Crippen LogP contribution in [0, 0.1) is 19.8 Å². The van der Waals surface area contributed by atoms with Crippen LogP contribution in [0.5, 0.6) is 0 Å². The van der Waals surface area contributed by atoms with Gasteiger partial charge in [-0.05, 0) is 99.5 Å². The lowest BCUT2D eigenvalue weighted by atomic mass is 9.99. The van der Waals surface area contributed by atoms with E-state index in [1.54, 1.807) is 36.3 Å². The van der Waals surface area contributed by atoms with Gasteiger partial charge in [0.05, 0.1) is 0 Å². The molecule has 0 nitrogen and oxygen atoms in total. The Labute approximate surface area is 218 Å².